The van der Waals surface area contributed by atoms with Gasteiger partial charge in [0.05, 0.1) is 10.3 Å². The number of carbonyl (C=O) groups is 2. The van der Waals surface area contributed by atoms with Crippen LogP contribution in [0.25, 0.3) is 0 Å². The van der Waals surface area contributed by atoms with Gasteiger partial charge in [0.25, 0.3) is 0 Å². The van der Waals surface area contributed by atoms with E-state index in [4.69, 9.17) is 0 Å². The average molecular weight is 597 g/mol. The van der Waals surface area contributed by atoms with E-state index in [-0.39, 0.29) is 61.5 Å². The summed E-state index contributed by atoms with van der Waals surface area (Å²) in [4.78, 5) is 24.8. The Kier molecular flexibility index (Phi) is 5.94. The Bertz CT molecular complexity index is 1540. The molecule has 1 N–H and O–H groups in total. The molecule has 2 bridgehead atoms. The molecule has 0 radical (unpaired) electrons. The molecule has 2 aromatic carbocycles. The fraction of sp³-hybridized carbons (Fsp3) is 0.533. The number of sulfone groups is 1. The molecule has 2 aromatic rings. The van der Waals surface area contributed by atoms with E-state index < -0.39 is 60.5 Å². The second-order valence-corrected chi connectivity index (χ2v) is 14.9. The monoisotopic (exact) mass is 596 g/mol. The molecule has 0 aromatic heterocycles. The van der Waals surface area contributed by atoms with Gasteiger partial charge in [0.15, 0.2) is 9.84 Å². The molecule has 5 aliphatic carbocycles. The number of carbonyl (C=O) groups excluding carboxylic acids is 1. The number of carboxylic acid groups (broad SMARTS) is 1. The number of hydrogen-bond donors (Lipinski definition) is 1. The number of aliphatic carboxylic acids is 1. The van der Waals surface area contributed by atoms with Crippen molar-refractivity contribution < 1.29 is 45.1 Å². The van der Waals surface area contributed by atoms with Crippen molar-refractivity contribution in [2.24, 2.45) is 22.7 Å². The molecule has 220 valence electrons. The summed E-state index contributed by atoms with van der Waals surface area (Å²) in [5.41, 5.74) is -5.15. The molecule has 0 heterocycles. The molecule has 4 saturated carbocycles. The van der Waals surface area contributed by atoms with Crippen LogP contribution in [0.5, 0.6) is 0 Å². The molecule has 0 saturated heterocycles. The lowest BCUT2D eigenvalue weighted by atomic mass is 9.33. The van der Waals surface area contributed by atoms with Crippen LogP contribution >= 0.6 is 0 Å². The van der Waals surface area contributed by atoms with Crippen LogP contribution in [0.2, 0.25) is 0 Å². The summed E-state index contributed by atoms with van der Waals surface area (Å²) in [6, 6.07) is 7.75. The van der Waals surface area contributed by atoms with Gasteiger partial charge in [-0.3, -0.25) is 9.59 Å². The third kappa shape index (κ3) is 3.72. The Balaban J connectivity index is 1.40. The average Bonchev–Trinajstić information content (AvgIpc) is 3.21. The number of aryl methyl sites for hydroxylation is 1. The molecule has 4 fully saturated rings. The van der Waals surface area contributed by atoms with E-state index in [0.717, 1.165) is 36.4 Å². The minimum Gasteiger partial charge on any atom is -0.481 e. The zero-order valence-electron chi connectivity index (χ0n) is 22.2. The molecule has 5 nitrogen and oxygen atoms in total. The molecule has 41 heavy (non-hydrogen) atoms. The minimum absolute atomic E-state index is 0.0693. The lowest BCUT2D eigenvalue weighted by Crippen LogP contribution is -2.68. The van der Waals surface area contributed by atoms with Crippen molar-refractivity contribution in [2.45, 2.75) is 79.8 Å². The number of carboxylic acids is 1. The fourth-order valence-electron chi connectivity index (χ4n) is 8.26. The maximum Gasteiger partial charge on any atom is 0.426 e. The largest absolute Gasteiger partial charge is 0.481 e. The van der Waals surface area contributed by atoms with Gasteiger partial charge in [-0.15, -0.1) is 0 Å². The number of fused-ring (bicyclic) bond motifs is 3. The summed E-state index contributed by atoms with van der Waals surface area (Å²) in [6.45, 7) is 0.432. The number of rotatable bonds is 7. The van der Waals surface area contributed by atoms with Gasteiger partial charge >= 0.3 is 12.1 Å². The smallest absolute Gasteiger partial charge is 0.426 e. The van der Waals surface area contributed by atoms with Crippen LogP contribution in [0.1, 0.15) is 68.6 Å². The van der Waals surface area contributed by atoms with E-state index in [1.807, 2.05) is 0 Å². The first-order valence-electron chi connectivity index (χ1n) is 13.7. The molecule has 0 spiro atoms. The van der Waals surface area contributed by atoms with Crippen LogP contribution in [0, 0.1) is 28.5 Å². The van der Waals surface area contributed by atoms with Crippen molar-refractivity contribution in [1.82, 2.24) is 0 Å². The van der Waals surface area contributed by atoms with Crippen molar-refractivity contribution >= 4 is 21.6 Å². The minimum atomic E-state index is -5.17. The Morgan fingerprint density at radius 1 is 0.976 bits per heavy atom. The number of benzene rings is 2. The first-order valence-corrected chi connectivity index (χ1v) is 15.1. The first-order chi connectivity index (χ1) is 19.0. The van der Waals surface area contributed by atoms with Crippen molar-refractivity contribution in [3.05, 3.63) is 65.0 Å². The standard InChI is InChI=1S/C30H29F5O5S/c1-26(32,30(33,34)35)19-3-9-23-17(12-19)2-8-22-18(13-24(36)27-14-28(15-27,16-27)25(37)38)10-11-29(22,23)41(39,40)21-6-4-20(31)5-7-21/h3-7,9,12,18,22H,2,8,10-11,13-16H2,1H3,(H,37,38)/t18-,22-,26?,27?,28?,29-/m0/s1. The SMILES string of the molecule is CC(F)(c1ccc2c(c1)CC[C@H]1[C@H](CC(=O)C34CC(C(=O)O)(C3)C4)CC[C@@]21S(=O)(=O)c1ccc(F)cc1)C(F)(F)F. The Hall–Kier alpha value is -2.82. The summed E-state index contributed by atoms with van der Waals surface area (Å²) in [5.74, 6) is -2.51. The Labute approximate surface area is 234 Å². The van der Waals surface area contributed by atoms with Gasteiger partial charge in [-0.05, 0) is 105 Å². The summed E-state index contributed by atoms with van der Waals surface area (Å²) in [7, 11) is -4.25. The third-order valence-corrected chi connectivity index (χ3v) is 13.1. The van der Waals surface area contributed by atoms with E-state index >= 15 is 0 Å². The van der Waals surface area contributed by atoms with Crippen molar-refractivity contribution in [3.8, 4) is 0 Å². The van der Waals surface area contributed by atoms with Gasteiger partial charge in [0.2, 0.25) is 5.67 Å². The van der Waals surface area contributed by atoms with Gasteiger partial charge in [0, 0.05) is 11.8 Å². The maximum absolute atomic E-state index is 14.9. The van der Waals surface area contributed by atoms with Crippen molar-refractivity contribution in [1.29, 1.82) is 0 Å². The van der Waals surface area contributed by atoms with Crippen LogP contribution in [0.4, 0.5) is 22.0 Å². The predicted octanol–water partition coefficient (Wildman–Crippen LogP) is 6.43. The van der Waals surface area contributed by atoms with Crippen LogP contribution < -0.4 is 0 Å². The van der Waals surface area contributed by atoms with Crippen molar-refractivity contribution in [2.75, 3.05) is 0 Å². The van der Waals surface area contributed by atoms with Crippen molar-refractivity contribution in [3.63, 3.8) is 0 Å². The highest BCUT2D eigenvalue weighted by Crippen LogP contribution is 2.74. The van der Waals surface area contributed by atoms with E-state index in [2.05, 4.69) is 0 Å². The molecular weight excluding hydrogens is 567 g/mol. The number of hydrogen-bond acceptors (Lipinski definition) is 4. The number of alkyl halides is 4. The second-order valence-electron chi connectivity index (χ2n) is 12.7. The molecule has 7 rings (SSSR count). The molecule has 5 aliphatic rings. The first kappa shape index (κ1) is 28.3. The summed E-state index contributed by atoms with van der Waals surface area (Å²) < 4.78 is 96.3. The zero-order valence-corrected chi connectivity index (χ0v) is 23.0. The molecular formula is C30H29F5O5S. The molecule has 11 heteroatoms. The highest BCUT2D eigenvalue weighted by Gasteiger charge is 2.75. The van der Waals surface area contributed by atoms with Crippen LogP contribution in [0.15, 0.2) is 47.4 Å². The van der Waals surface area contributed by atoms with E-state index in [1.165, 1.54) is 6.07 Å². The predicted molar refractivity (Wildman–Crippen MR) is 137 cm³/mol. The lowest BCUT2D eigenvalue weighted by Gasteiger charge is -2.67. The molecule has 0 amide bonds. The fourth-order valence-corrected chi connectivity index (χ4v) is 10.8. The topological polar surface area (TPSA) is 88.5 Å². The summed E-state index contributed by atoms with van der Waals surface area (Å²) >= 11 is 0. The quantitative estimate of drug-likeness (QED) is 0.294. The normalized spacial score (nSPS) is 33.5. The number of halogens is 5. The van der Waals surface area contributed by atoms with Gasteiger partial charge in [0.1, 0.15) is 16.3 Å². The highest BCUT2D eigenvalue weighted by molar-refractivity contribution is 7.92. The Morgan fingerprint density at radius 2 is 1.61 bits per heavy atom. The molecule has 1 unspecified atom stereocenters. The maximum atomic E-state index is 14.9. The number of ketones is 1. The van der Waals surface area contributed by atoms with Crippen LogP contribution in [-0.2, 0) is 36.3 Å². The van der Waals surface area contributed by atoms with Crippen LogP contribution in [0.3, 0.4) is 0 Å². The van der Waals surface area contributed by atoms with Crippen LogP contribution in [-0.4, -0.2) is 31.5 Å². The van der Waals surface area contributed by atoms with Gasteiger partial charge in [-0.2, -0.15) is 13.2 Å². The van der Waals surface area contributed by atoms with E-state index in [0.29, 0.717) is 24.5 Å². The second kappa shape index (κ2) is 8.61. The molecule has 4 atom stereocenters. The lowest BCUT2D eigenvalue weighted by molar-refractivity contribution is -0.228. The zero-order chi connectivity index (χ0) is 29.8. The van der Waals surface area contributed by atoms with Gasteiger partial charge in [-0.25, -0.2) is 17.2 Å². The summed E-state index contributed by atoms with van der Waals surface area (Å²) in [6.07, 6.45) is -3.29. The highest BCUT2D eigenvalue weighted by atomic mass is 32.2. The summed E-state index contributed by atoms with van der Waals surface area (Å²) in [5, 5.41) is 9.43. The Morgan fingerprint density at radius 3 is 2.20 bits per heavy atom. The van der Waals surface area contributed by atoms with E-state index in [1.54, 1.807) is 0 Å². The third-order valence-electron chi connectivity index (χ3n) is 10.5. The van der Waals surface area contributed by atoms with Gasteiger partial charge < -0.3 is 5.11 Å². The van der Waals surface area contributed by atoms with Gasteiger partial charge in [-0.1, -0.05) is 18.2 Å². The number of Topliss-reactive ketones (excluding diaryl/α,β-unsaturated/α-hetero) is 1. The van der Waals surface area contributed by atoms with E-state index in [9.17, 15) is 45.1 Å². The molecule has 0 aliphatic heterocycles.